The van der Waals surface area contributed by atoms with E-state index in [9.17, 15) is 5.11 Å². The standard InChI is InChI=1S/C36H37B2O5S2/c1-33(2,39)34(3,4)41-37-25-19-24-30-28(27(21-15-11-9-12-16-21)29(40-30)22-17-13-10-14-18-22)23-20-26(45-31(23)32(24)44-25)38-42-35(5,6)36(7,8)43-38/h9-20,39H,1-8H3. The normalized spacial score (nSPS) is 16.8. The van der Waals surface area contributed by atoms with Crippen molar-refractivity contribution in [2.24, 2.45) is 0 Å². The van der Waals surface area contributed by atoms with Crippen molar-refractivity contribution in [2.45, 2.75) is 77.8 Å². The van der Waals surface area contributed by atoms with E-state index in [0.717, 1.165) is 63.1 Å². The highest BCUT2D eigenvalue weighted by atomic mass is 32.1. The number of thiophene rings is 2. The van der Waals surface area contributed by atoms with Crippen molar-refractivity contribution >= 4 is 78.0 Å². The second-order valence-corrected chi connectivity index (χ2v) is 16.1. The monoisotopic (exact) mass is 635 g/mol. The Morgan fingerprint density at radius 1 is 0.778 bits per heavy atom. The average molecular weight is 635 g/mol. The molecule has 4 heterocycles. The van der Waals surface area contributed by atoms with Crippen LogP contribution in [0.5, 0.6) is 0 Å². The van der Waals surface area contributed by atoms with Gasteiger partial charge >= 0.3 is 14.6 Å². The minimum atomic E-state index is -1.03. The molecule has 1 aliphatic rings. The number of fused-ring (bicyclic) bond motifs is 6. The molecule has 7 rings (SSSR count). The maximum absolute atomic E-state index is 10.7. The lowest BCUT2D eigenvalue weighted by molar-refractivity contribution is -0.0892. The van der Waals surface area contributed by atoms with Gasteiger partial charge in [-0.15, -0.1) is 22.7 Å². The lowest BCUT2D eigenvalue weighted by Gasteiger charge is -2.37. The van der Waals surface area contributed by atoms with Crippen LogP contribution in [0, 0.1) is 0 Å². The van der Waals surface area contributed by atoms with Crippen LogP contribution in [-0.2, 0) is 14.0 Å². The van der Waals surface area contributed by atoms with Gasteiger partial charge in [0, 0.05) is 36.8 Å². The molecule has 3 aromatic carbocycles. The third kappa shape index (κ3) is 5.09. The van der Waals surface area contributed by atoms with Crippen molar-refractivity contribution in [1.29, 1.82) is 0 Å². The van der Waals surface area contributed by atoms with E-state index in [1.807, 2.05) is 38.1 Å². The number of rotatable bonds is 7. The van der Waals surface area contributed by atoms with Crippen molar-refractivity contribution < 1.29 is 23.5 Å². The molecule has 1 N–H and O–H groups in total. The van der Waals surface area contributed by atoms with Crippen LogP contribution in [0.25, 0.3) is 53.6 Å². The van der Waals surface area contributed by atoms with E-state index in [1.54, 1.807) is 44.0 Å². The largest absolute Gasteiger partial charge is 0.505 e. The minimum Gasteiger partial charge on any atom is -0.455 e. The Hall–Kier alpha value is -2.91. The van der Waals surface area contributed by atoms with Gasteiger partial charge in [0.05, 0.1) is 31.8 Å². The first-order valence-corrected chi connectivity index (χ1v) is 17.0. The fraction of sp³-hybridized carbons (Fsp3) is 0.333. The molecular formula is C36H37B2O5S2. The van der Waals surface area contributed by atoms with Gasteiger partial charge in [0.2, 0.25) is 0 Å². The topological polar surface area (TPSA) is 61.1 Å². The molecule has 1 aliphatic heterocycles. The predicted octanol–water partition coefficient (Wildman–Crippen LogP) is 8.31. The van der Waals surface area contributed by atoms with E-state index < -0.39 is 29.5 Å². The molecule has 0 bridgehead atoms. The lowest BCUT2D eigenvalue weighted by Crippen LogP contribution is -2.49. The van der Waals surface area contributed by atoms with Crippen LogP contribution in [0.15, 0.2) is 77.2 Å². The molecule has 1 radical (unpaired) electrons. The quantitative estimate of drug-likeness (QED) is 0.179. The van der Waals surface area contributed by atoms with E-state index in [0.29, 0.717) is 0 Å². The molecule has 0 saturated carbocycles. The number of aliphatic hydroxyl groups is 1. The Morgan fingerprint density at radius 3 is 1.96 bits per heavy atom. The predicted molar refractivity (Wildman–Crippen MR) is 190 cm³/mol. The summed E-state index contributed by atoms with van der Waals surface area (Å²) in [6.45, 7) is 15.7. The summed E-state index contributed by atoms with van der Waals surface area (Å²) in [5.41, 5.74) is 1.32. The zero-order valence-electron chi connectivity index (χ0n) is 27.0. The Labute approximate surface area is 273 Å². The van der Waals surface area contributed by atoms with Gasteiger partial charge in [-0.3, -0.25) is 0 Å². The molecule has 9 heteroatoms. The highest BCUT2D eigenvalue weighted by Crippen LogP contribution is 2.49. The summed E-state index contributed by atoms with van der Waals surface area (Å²) in [4.78, 5) is 0. The molecule has 1 fully saturated rings. The van der Waals surface area contributed by atoms with Crippen LogP contribution in [0.4, 0.5) is 0 Å². The van der Waals surface area contributed by atoms with Crippen LogP contribution >= 0.6 is 22.7 Å². The van der Waals surface area contributed by atoms with Crippen molar-refractivity contribution in [3.63, 3.8) is 0 Å². The molecule has 229 valence electrons. The van der Waals surface area contributed by atoms with Gasteiger partial charge in [0.1, 0.15) is 11.3 Å². The van der Waals surface area contributed by atoms with E-state index in [4.69, 9.17) is 18.4 Å². The van der Waals surface area contributed by atoms with Crippen molar-refractivity contribution in [3.05, 3.63) is 72.8 Å². The summed E-state index contributed by atoms with van der Waals surface area (Å²) < 4.78 is 30.4. The highest BCUT2D eigenvalue weighted by Gasteiger charge is 2.52. The Kier molecular flexibility index (Phi) is 7.21. The van der Waals surface area contributed by atoms with Gasteiger partial charge < -0.3 is 23.5 Å². The van der Waals surface area contributed by atoms with Gasteiger partial charge in [0.15, 0.2) is 0 Å². The van der Waals surface area contributed by atoms with E-state index in [2.05, 4.69) is 76.2 Å². The summed E-state index contributed by atoms with van der Waals surface area (Å²) in [6, 6.07) is 25.2. The Bertz CT molecular complexity index is 2020. The molecule has 1 saturated heterocycles. The summed E-state index contributed by atoms with van der Waals surface area (Å²) in [6.07, 6.45) is 0. The fourth-order valence-electron chi connectivity index (χ4n) is 5.55. The Balaban J connectivity index is 1.50. The molecule has 3 aromatic heterocycles. The van der Waals surface area contributed by atoms with E-state index in [-0.39, 0.29) is 0 Å². The summed E-state index contributed by atoms with van der Waals surface area (Å²) in [7, 11) is 1.29. The SMILES string of the molecule is CC(C)(O)C(C)(C)O[B]c1cc2c3oc(-c4ccccc4)c(-c4ccccc4)c3c3cc(B4OC(C)(C)C(C)(C)O4)sc3c2s1. The second-order valence-electron chi connectivity index (χ2n) is 13.9. The smallest absolute Gasteiger partial charge is 0.455 e. The molecule has 5 nitrogen and oxygen atoms in total. The molecule has 0 atom stereocenters. The minimum absolute atomic E-state index is 0.445. The van der Waals surface area contributed by atoms with Crippen molar-refractivity contribution in [2.75, 3.05) is 0 Å². The van der Waals surface area contributed by atoms with Crippen molar-refractivity contribution in [3.8, 4) is 22.5 Å². The molecule has 0 spiro atoms. The van der Waals surface area contributed by atoms with Gasteiger partial charge in [0.25, 0.3) is 0 Å². The van der Waals surface area contributed by atoms with Gasteiger partial charge in [-0.1, -0.05) is 60.7 Å². The summed E-state index contributed by atoms with van der Waals surface area (Å²) in [5.74, 6) is 0.838. The number of hydrogen-bond donors (Lipinski definition) is 1. The summed E-state index contributed by atoms with van der Waals surface area (Å²) in [5, 5.41) is 13.9. The molecule has 0 amide bonds. The van der Waals surface area contributed by atoms with E-state index >= 15 is 0 Å². The number of hydrogen-bond acceptors (Lipinski definition) is 7. The van der Waals surface area contributed by atoms with Crippen LogP contribution in [0.1, 0.15) is 55.4 Å². The first kappa shape index (κ1) is 30.7. The van der Waals surface area contributed by atoms with Gasteiger partial charge in [-0.2, -0.15) is 0 Å². The third-order valence-electron chi connectivity index (χ3n) is 9.66. The average Bonchev–Trinajstić information content (AvgIpc) is 3.74. The summed E-state index contributed by atoms with van der Waals surface area (Å²) >= 11 is 3.38. The van der Waals surface area contributed by atoms with Crippen LogP contribution in [-0.4, -0.2) is 42.1 Å². The molecule has 0 aliphatic carbocycles. The van der Waals surface area contributed by atoms with Gasteiger partial charge in [-0.25, -0.2) is 0 Å². The molecule has 0 unspecified atom stereocenters. The van der Waals surface area contributed by atoms with Crippen LogP contribution in [0.2, 0.25) is 0 Å². The third-order valence-corrected chi connectivity index (χ3v) is 12.0. The molecule has 6 aromatic rings. The maximum Gasteiger partial charge on any atom is 0.505 e. The van der Waals surface area contributed by atoms with E-state index in [1.165, 1.54) is 0 Å². The Morgan fingerprint density at radius 2 is 1.36 bits per heavy atom. The van der Waals surface area contributed by atoms with Crippen LogP contribution in [0.3, 0.4) is 0 Å². The van der Waals surface area contributed by atoms with Crippen molar-refractivity contribution in [1.82, 2.24) is 0 Å². The highest BCUT2D eigenvalue weighted by molar-refractivity contribution is 7.35. The molecular weight excluding hydrogens is 598 g/mol. The molecule has 45 heavy (non-hydrogen) atoms. The first-order valence-electron chi connectivity index (χ1n) is 15.3. The van der Waals surface area contributed by atoms with Crippen LogP contribution < -0.4 is 9.55 Å². The van der Waals surface area contributed by atoms with Gasteiger partial charge in [-0.05, 0) is 73.1 Å². The number of furan rings is 1. The second kappa shape index (κ2) is 10.6. The number of benzene rings is 3. The first-order chi connectivity index (χ1) is 21.2. The lowest BCUT2D eigenvalue weighted by atomic mass is 9.86. The maximum atomic E-state index is 10.7. The fourth-order valence-corrected chi connectivity index (χ4v) is 7.85. The zero-order valence-corrected chi connectivity index (χ0v) is 28.6. The zero-order chi connectivity index (χ0) is 31.9.